The second-order valence-corrected chi connectivity index (χ2v) is 5.67. The molecule has 1 aromatic rings. The zero-order valence-electron chi connectivity index (χ0n) is 12.4. The Kier molecular flexibility index (Phi) is 8.54. The highest BCUT2D eigenvalue weighted by molar-refractivity contribution is 9.10. The Balaban J connectivity index is 2.30. The first-order valence-electron chi connectivity index (χ1n) is 7.33. The lowest BCUT2D eigenvalue weighted by Gasteiger charge is -2.20. The largest absolute Gasteiger partial charge is 0.462 e. The lowest BCUT2D eigenvalue weighted by Crippen LogP contribution is -2.27. The van der Waals surface area contributed by atoms with E-state index >= 15 is 0 Å². The molecule has 1 aromatic carbocycles. The summed E-state index contributed by atoms with van der Waals surface area (Å²) in [6.07, 6.45) is 3.21. The van der Waals surface area contributed by atoms with E-state index in [9.17, 15) is 4.79 Å². The number of halogens is 1. The van der Waals surface area contributed by atoms with Crippen molar-refractivity contribution in [2.75, 3.05) is 26.2 Å². The number of esters is 1. The van der Waals surface area contributed by atoms with Crippen LogP contribution in [-0.4, -0.2) is 37.1 Å². The van der Waals surface area contributed by atoms with Gasteiger partial charge in [0, 0.05) is 11.0 Å². The molecule has 0 aromatic heterocycles. The maximum Gasteiger partial charge on any atom is 0.339 e. The molecule has 0 amide bonds. The van der Waals surface area contributed by atoms with E-state index in [-0.39, 0.29) is 5.97 Å². The van der Waals surface area contributed by atoms with Crippen molar-refractivity contribution in [3.05, 3.63) is 34.3 Å². The molecule has 0 saturated carbocycles. The van der Waals surface area contributed by atoms with Crippen LogP contribution >= 0.6 is 15.9 Å². The van der Waals surface area contributed by atoms with Crippen molar-refractivity contribution in [2.24, 2.45) is 0 Å². The van der Waals surface area contributed by atoms with Gasteiger partial charge in [-0.3, -0.25) is 0 Å². The third-order valence-electron chi connectivity index (χ3n) is 3.03. The molecule has 0 aliphatic carbocycles. The molecule has 0 saturated heterocycles. The highest BCUT2D eigenvalue weighted by atomic mass is 79.9. The number of benzene rings is 1. The SMILES string of the molecule is CCCN(CCC)CCCOC(=O)c1ccccc1Br. The summed E-state index contributed by atoms with van der Waals surface area (Å²) in [4.78, 5) is 14.3. The van der Waals surface area contributed by atoms with Crippen LogP contribution in [0.2, 0.25) is 0 Å². The highest BCUT2D eigenvalue weighted by Crippen LogP contribution is 2.16. The molecular formula is C16H24BrNO2. The number of hydrogen-bond donors (Lipinski definition) is 0. The molecule has 0 N–H and O–H groups in total. The Morgan fingerprint density at radius 3 is 2.40 bits per heavy atom. The lowest BCUT2D eigenvalue weighted by atomic mass is 10.2. The molecule has 0 fully saturated rings. The normalized spacial score (nSPS) is 10.8. The molecule has 0 unspecified atom stereocenters. The molecule has 0 heterocycles. The van der Waals surface area contributed by atoms with Gasteiger partial charge in [-0.2, -0.15) is 0 Å². The van der Waals surface area contributed by atoms with Gasteiger partial charge in [0.1, 0.15) is 0 Å². The molecule has 0 spiro atoms. The number of hydrogen-bond acceptors (Lipinski definition) is 3. The Hall–Kier alpha value is -0.870. The number of rotatable bonds is 9. The summed E-state index contributed by atoms with van der Waals surface area (Å²) in [6.45, 7) is 8.08. The molecule has 4 heteroatoms. The second kappa shape index (κ2) is 9.94. The van der Waals surface area contributed by atoms with Crippen molar-refractivity contribution in [2.45, 2.75) is 33.1 Å². The minimum Gasteiger partial charge on any atom is -0.462 e. The van der Waals surface area contributed by atoms with Gasteiger partial charge in [0.25, 0.3) is 0 Å². The van der Waals surface area contributed by atoms with Crippen LogP contribution in [0.1, 0.15) is 43.5 Å². The maximum atomic E-state index is 11.9. The van der Waals surface area contributed by atoms with Gasteiger partial charge in [-0.15, -0.1) is 0 Å². The van der Waals surface area contributed by atoms with Gasteiger partial charge >= 0.3 is 5.97 Å². The minimum atomic E-state index is -0.255. The van der Waals surface area contributed by atoms with Crippen molar-refractivity contribution in [3.8, 4) is 0 Å². The van der Waals surface area contributed by atoms with Crippen LogP contribution in [0.3, 0.4) is 0 Å². The second-order valence-electron chi connectivity index (χ2n) is 4.81. The Labute approximate surface area is 130 Å². The minimum absolute atomic E-state index is 0.255. The first-order chi connectivity index (χ1) is 9.69. The summed E-state index contributed by atoms with van der Waals surface area (Å²) in [6, 6.07) is 7.34. The molecule has 0 atom stereocenters. The summed E-state index contributed by atoms with van der Waals surface area (Å²) in [5.41, 5.74) is 0.589. The quantitative estimate of drug-likeness (QED) is 0.499. The number of carbonyl (C=O) groups excluding carboxylic acids is 1. The number of carbonyl (C=O) groups is 1. The fourth-order valence-electron chi connectivity index (χ4n) is 2.13. The molecule has 20 heavy (non-hydrogen) atoms. The van der Waals surface area contributed by atoms with Gasteiger partial charge in [-0.05, 0) is 60.4 Å². The molecule has 0 radical (unpaired) electrons. The van der Waals surface area contributed by atoms with E-state index in [1.807, 2.05) is 18.2 Å². The van der Waals surface area contributed by atoms with Crippen LogP contribution in [0, 0.1) is 0 Å². The first-order valence-corrected chi connectivity index (χ1v) is 8.12. The van der Waals surface area contributed by atoms with Crippen LogP contribution in [0.25, 0.3) is 0 Å². The van der Waals surface area contributed by atoms with Crippen molar-refractivity contribution in [1.82, 2.24) is 4.90 Å². The van der Waals surface area contributed by atoms with Gasteiger partial charge in [0.2, 0.25) is 0 Å². The molecule has 0 bridgehead atoms. The average Bonchev–Trinajstić information content (AvgIpc) is 2.44. The predicted octanol–water partition coefficient (Wildman–Crippen LogP) is 4.12. The van der Waals surface area contributed by atoms with Crippen molar-refractivity contribution in [3.63, 3.8) is 0 Å². The van der Waals surface area contributed by atoms with Crippen molar-refractivity contribution in [1.29, 1.82) is 0 Å². The topological polar surface area (TPSA) is 29.5 Å². The predicted molar refractivity (Wildman–Crippen MR) is 86.1 cm³/mol. The Morgan fingerprint density at radius 2 is 1.80 bits per heavy atom. The Morgan fingerprint density at radius 1 is 1.15 bits per heavy atom. The highest BCUT2D eigenvalue weighted by Gasteiger charge is 2.10. The Bertz CT molecular complexity index is 403. The standard InChI is InChI=1S/C16H24BrNO2/c1-3-10-18(11-4-2)12-7-13-20-16(19)14-8-5-6-9-15(14)17/h5-6,8-9H,3-4,7,10-13H2,1-2H3. The van der Waals surface area contributed by atoms with E-state index in [1.54, 1.807) is 6.07 Å². The van der Waals surface area contributed by atoms with Crippen LogP contribution in [0.4, 0.5) is 0 Å². The molecule has 0 aliphatic heterocycles. The van der Waals surface area contributed by atoms with E-state index in [0.29, 0.717) is 12.2 Å². The smallest absolute Gasteiger partial charge is 0.339 e. The molecule has 112 valence electrons. The van der Waals surface area contributed by atoms with Crippen molar-refractivity contribution < 1.29 is 9.53 Å². The van der Waals surface area contributed by atoms with Gasteiger partial charge < -0.3 is 9.64 Å². The zero-order chi connectivity index (χ0) is 14.8. The number of ether oxygens (including phenoxy) is 1. The van der Waals surface area contributed by atoms with E-state index < -0.39 is 0 Å². The van der Waals surface area contributed by atoms with E-state index in [1.165, 1.54) is 0 Å². The number of nitrogens with zero attached hydrogens (tertiary/aromatic N) is 1. The molecule has 3 nitrogen and oxygen atoms in total. The third kappa shape index (κ3) is 6.06. The van der Waals surface area contributed by atoms with Crippen LogP contribution in [0.5, 0.6) is 0 Å². The van der Waals surface area contributed by atoms with Gasteiger partial charge in [-0.25, -0.2) is 4.79 Å². The van der Waals surface area contributed by atoms with Gasteiger partial charge in [0.05, 0.1) is 12.2 Å². The first kappa shape index (κ1) is 17.2. The van der Waals surface area contributed by atoms with Crippen LogP contribution in [0.15, 0.2) is 28.7 Å². The fraction of sp³-hybridized carbons (Fsp3) is 0.562. The average molecular weight is 342 g/mol. The lowest BCUT2D eigenvalue weighted by molar-refractivity contribution is 0.0487. The monoisotopic (exact) mass is 341 g/mol. The summed E-state index contributed by atoms with van der Waals surface area (Å²) >= 11 is 3.36. The fourth-order valence-corrected chi connectivity index (χ4v) is 2.57. The molecular weight excluding hydrogens is 318 g/mol. The summed E-state index contributed by atoms with van der Waals surface area (Å²) in [7, 11) is 0. The molecule has 0 aliphatic rings. The van der Waals surface area contributed by atoms with E-state index in [2.05, 4.69) is 34.7 Å². The molecule has 1 rings (SSSR count). The third-order valence-corrected chi connectivity index (χ3v) is 3.72. The maximum absolute atomic E-state index is 11.9. The summed E-state index contributed by atoms with van der Waals surface area (Å²) < 4.78 is 6.10. The zero-order valence-corrected chi connectivity index (χ0v) is 14.0. The summed E-state index contributed by atoms with van der Waals surface area (Å²) in [5, 5.41) is 0. The van der Waals surface area contributed by atoms with Crippen LogP contribution in [-0.2, 0) is 4.74 Å². The van der Waals surface area contributed by atoms with Crippen LogP contribution < -0.4 is 0 Å². The van der Waals surface area contributed by atoms with Crippen molar-refractivity contribution >= 4 is 21.9 Å². The van der Waals surface area contributed by atoms with E-state index in [0.717, 1.165) is 43.4 Å². The van der Waals surface area contributed by atoms with Gasteiger partial charge in [-0.1, -0.05) is 26.0 Å². The summed E-state index contributed by atoms with van der Waals surface area (Å²) in [5.74, 6) is -0.255. The van der Waals surface area contributed by atoms with Gasteiger partial charge in [0.15, 0.2) is 0 Å². The van der Waals surface area contributed by atoms with E-state index in [4.69, 9.17) is 4.74 Å².